The third-order valence-electron chi connectivity index (χ3n) is 7.49. The average Bonchev–Trinajstić information content (AvgIpc) is 3.31. The Hall–Kier alpha value is -4.36. The first kappa shape index (κ1) is 26.3. The van der Waals surface area contributed by atoms with Crippen LogP contribution in [0, 0.1) is 11.3 Å². The molecule has 0 spiro atoms. The molecule has 3 heterocycles. The number of anilines is 2. The third-order valence-corrected chi connectivity index (χ3v) is 7.49. The van der Waals surface area contributed by atoms with E-state index in [-0.39, 0.29) is 12.6 Å². The van der Waals surface area contributed by atoms with Crippen LogP contribution in [0.1, 0.15) is 29.5 Å². The Morgan fingerprint density at radius 2 is 1.85 bits per heavy atom. The number of hydrogen-bond acceptors (Lipinski definition) is 7. The van der Waals surface area contributed by atoms with Gasteiger partial charge in [0.2, 0.25) is 5.95 Å². The van der Waals surface area contributed by atoms with Crippen molar-refractivity contribution >= 4 is 22.8 Å². The van der Waals surface area contributed by atoms with Gasteiger partial charge in [-0.15, -0.1) is 0 Å². The second-order valence-electron chi connectivity index (χ2n) is 10.4. The summed E-state index contributed by atoms with van der Waals surface area (Å²) >= 11 is 0. The molecular formula is C29H34N8O2. The molecule has 1 unspecified atom stereocenters. The fourth-order valence-electron chi connectivity index (χ4n) is 5.27. The molecule has 202 valence electrons. The van der Waals surface area contributed by atoms with E-state index in [0.717, 1.165) is 40.8 Å². The van der Waals surface area contributed by atoms with Crippen molar-refractivity contribution in [3.05, 3.63) is 86.1 Å². The summed E-state index contributed by atoms with van der Waals surface area (Å²) < 4.78 is 4.60. The molecule has 2 aromatic heterocycles. The molecule has 2 N–H and O–H groups in total. The zero-order valence-corrected chi connectivity index (χ0v) is 22.7. The first-order chi connectivity index (χ1) is 18.8. The molecule has 1 saturated heterocycles. The zero-order chi connectivity index (χ0) is 27.7. The molecule has 1 atom stereocenters. The maximum atomic E-state index is 13.6. The number of hydrogen-bond donors (Lipinski definition) is 1. The zero-order valence-electron chi connectivity index (χ0n) is 22.7. The molecular weight excluding hydrogens is 492 g/mol. The second kappa shape index (κ2) is 10.8. The Bertz CT molecular complexity index is 1660. The smallest absolute Gasteiger partial charge is 0.332 e. The Kier molecular flexibility index (Phi) is 7.26. The summed E-state index contributed by atoms with van der Waals surface area (Å²) in [5.74, 6) is 0.597. The molecule has 2 aromatic carbocycles. The van der Waals surface area contributed by atoms with Gasteiger partial charge in [0.15, 0.2) is 11.2 Å². The Balaban J connectivity index is 1.64. The summed E-state index contributed by atoms with van der Waals surface area (Å²) in [7, 11) is 5.49. The lowest BCUT2D eigenvalue weighted by Gasteiger charge is -2.32. The largest absolute Gasteiger partial charge is 0.378 e. The van der Waals surface area contributed by atoms with Crippen LogP contribution in [0.15, 0.2) is 58.1 Å². The Labute approximate surface area is 227 Å². The average molecular weight is 527 g/mol. The van der Waals surface area contributed by atoms with E-state index in [1.807, 2.05) is 53.9 Å². The summed E-state index contributed by atoms with van der Waals surface area (Å²) in [5, 5.41) is 9.70. The van der Waals surface area contributed by atoms with Gasteiger partial charge in [-0.2, -0.15) is 10.2 Å². The monoisotopic (exact) mass is 526 g/mol. The van der Waals surface area contributed by atoms with Gasteiger partial charge >= 0.3 is 5.69 Å². The maximum Gasteiger partial charge on any atom is 0.332 e. The van der Waals surface area contributed by atoms with Gasteiger partial charge < -0.3 is 15.5 Å². The van der Waals surface area contributed by atoms with Gasteiger partial charge in [0.25, 0.3) is 5.56 Å². The highest BCUT2D eigenvalue weighted by molar-refractivity contribution is 5.75. The molecule has 10 nitrogen and oxygen atoms in total. The van der Waals surface area contributed by atoms with Crippen LogP contribution in [-0.4, -0.2) is 51.9 Å². The van der Waals surface area contributed by atoms with E-state index in [9.17, 15) is 14.9 Å². The number of nitrogens with two attached hydrogens (primary N) is 1. The predicted octanol–water partition coefficient (Wildman–Crippen LogP) is 2.05. The van der Waals surface area contributed by atoms with E-state index >= 15 is 0 Å². The van der Waals surface area contributed by atoms with Crippen LogP contribution in [0.2, 0.25) is 0 Å². The standard InChI is InChI=1S/C29H34N8O2/c1-33(2)24-12-10-20(11-13-24)14-16-36-26-25(27(38)34(3)29(36)39)37(18-22-8-5-4-7-21(22)17-30)28(32-26)35-15-6-9-23(31)19-35/h4-5,7-8,10-13,23H,6,9,14-16,18-19,31H2,1-3H3. The van der Waals surface area contributed by atoms with Gasteiger partial charge in [-0.05, 0) is 48.6 Å². The lowest BCUT2D eigenvalue weighted by atomic mass is 10.1. The van der Waals surface area contributed by atoms with E-state index in [4.69, 9.17) is 10.7 Å². The third kappa shape index (κ3) is 5.05. The van der Waals surface area contributed by atoms with Gasteiger partial charge in [0, 0.05) is 52.5 Å². The van der Waals surface area contributed by atoms with E-state index in [2.05, 4.69) is 23.1 Å². The molecule has 0 aliphatic carbocycles. The van der Waals surface area contributed by atoms with Crippen molar-refractivity contribution in [2.75, 3.05) is 37.0 Å². The van der Waals surface area contributed by atoms with Gasteiger partial charge in [-0.1, -0.05) is 30.3 Å². The number of imidazole rings is 1. The van der Waals surface area contributed by atoms with Gasteiger partial charge in [-0.3, -0.25) is 18.5 Å². The van der Waals surface area contributed by atoms with Crippen LogP contribution in [0.4, 0.5) is 11.6 Å². The van der Waals surface area contributed by atoms with Gasteiger partial charge in [0.05, 0.1) is 18.2 Å². The molecule has 1 aliphatic rings. The van der Waals surface area contributed by atoms with E-state index in [0.29, 0.717) is 42.2 Å². The van der Waals surface area contributed by atoms with Crippen molar-refractivity contribution in [1.29, 1.82) is 5.26 Å². The molecule has 1 aliphatic heterocycles. The summed E-state index contributed by atoms with van der Waals surface area (Å²) in [4.78, 5) is 36.0. The highest BCUT2D eigenvalue weighted by atomic mass is 16.2. The molecule has 0 bridgehead atoms. The van der Waals surface area contributed by atoms with Gasteiger partial charge in [-0.25, -0.2) is 4.79 Å². The van der Waals surface area contributed by atoms with Crippen molar-refractivity contribution in [3.63, 3.8) is 0 Å². The molecule has 5 rings (SSSR count). The number of aryl methyl sites for hydroxylation is 2. The van der Waals surface area contributed by atoms with Crippen LogP contribution in [-0.2, 0) is 26.6 Å². The summed E-state index contributed by atoms with van der Waals surface area (Å²) in [6.07, 6.45) is 2.44. The number of fused-ring (bicyclic) bond motifs is 1. The van der Waals surface area contributed by atoms with Crippen molar-refractivity contribution < 1.29 is 0 Å². The summed E-state index contributed by atoms with van der Waals surface area (Å²) in [5.41, 5.74) is 9.70. The Morgan fingerprint density at radius 3 is 2.54 bits per heavy atom. The fraction of sp³-hybridized carbons (Fsp3) is 0.379. The first-order valence-electron chi connectivity index (χ1n) is 13.2. The van der Waals surface area contributed by atoms with Crippen molar-refractivity contribution in [2.24, 2.45) is 12.8 Å². The van der Waals surface area contributed by atoms with E-state index < -0.39 is 11.2 Å². The first-order valence-corrected chi connectivity index (χ1v) is 13.2. The second-order valence-corrected chi connectivity index (χ2v) is 10.4. The SMILES string of the molecule is CN(C)c1ccc(CCn2c(=O)n(C)c(=O)c3c2nc(N2CCCC(N)C2)n3Cc2ccccc2C#N)cc1. The van der Waals surface area contributed by atoms with Crippen LogP contribution in [0.5, 0.6) is 0 Å². The Morgan fingerprint density at radius 1 is 1.10 bits per heavy atom. The lowest BCUT2D eigenvalue weighted by molar-refractivity contribution is 0.495. The van der Waals surface area contributed by atoms with Crippen LogP contribution in [0.3, 0.4) is 0 Å². The number of piperidine rings is 1. The van der Waals surface area contributed by atoms with E-state index in [1.165, 1.54) is 7.05 Å². The number of benzene rings is 2. The molecule has 0 saturated carbocycles. The number of nitrogens with zero attached hydrogens (tertiary/aromatic N) is 7. The molecule has 10 heteroatoms. The minimum atomic E-state index is -0.406. The van der Waals surface area contributed by atoms with Gasteiger partial charge in [0.1, 0.15) is 0 Å². The minimum absolute atomic E-state index is 0.00595. The van der Waals surface area contributed by atoms with Crippen molar-refractivity contribution in [2.45, 2.75) is 38.4 Å². The molecule has 4 aromatic rings. The number of aromatic nitrogens is 4. The van der Waals surface area contributed by atoms with Crippen LogP contribution < -0.4 is 26.8 Å². The molecule has 0 amide bonds. The quantitative estimate of drug-likeness (QED) is 0.392. The molecule has 39 heavy (non-hydrogen) atoms. The molecule has 1 fully saturated rings. The fourth-order valence-corrected chi connectivity index (χ4v) is 5.27. The van der Waals surface area contributed by atoms with Crippen LogP contribution >= 0.6 is 0 Å². The lowest BCUT2D eigenvalue weighted by Crippen LogP contribution is -2.44. The maximum absolute atomic E-state index is 13.6. The predicted molar refractivity (Wildman–Crippen MR) is 153 cm³/mol. The highest BCUT2D eigenvalue weighted by Gasteiger charge is 2.27. The number of nitriles is 1. The topological polar surface area (TPSA) is 118 Å². The summed E-state index contributed by atoms with van der Waals surface area (Å²) in [6.45, 7) is 2.00. The van der Waals surface area contributed by atoms with E-state index in [1.54, 1.807) is 10.6 Å². The highest BCUT2D eigenvalue weighted by Crippen LogP contribution is 2.25. The number of rotatable bonds is 7. The normalized spacial score (nSPS) is 15.5. The molecule has 0 radical (unpaired) electrons. The summed E-state index contributed by atoms with van der Waals surface area (Å²) in [6, 6.07) is 17.8. The van der Waals surface area contributed by atoms with Crippen molar-refractivity contribution in [3.8, 4) is 6.07 Å². The van der Waals surface area contributed by atoms with Crippen LogP contribution in [0.25, 0.3) is 11.2 Å². The minimum Gasteiger partial charge on any atom is -0.378 e. The van der Waals surface area contributed by atoms with Crippen molar-refractivity contribution in [1.82, 2.24) is 18.7 Å².